The first-order valence-electron chi connectivity index (χ1n) is 9.80. The van der Waals surface area contributed by atoms with E-state index in [-0.39, 0.29) is 11.3 Å². The Hall–Kier alpha value is -3.81. The van der Waals surface area contributed by atoms with Crippen molar-refractivity contribution in [3.05, 3.63) is 70.6 Å². The van der Waals surface area contributed by atoms with Gasteiger partial charge in [0.15, 0.2) is 17.1 Å². The first-order chi connectivity index (χ1) is 14.6. The Balaban J connectivity index is 1.57. The number of para-hydroxylation sites is 1. The van der Waals surface area contributed by atoms with Crippen molar-refractivity contribution in [1.29, 1.82) is 0 Å². The monoisotopic (exact) mass is 403 g/mol. The molecule has 0 saturated heterocycles. The molecule has 2 heterocycles. The third-order valence-electron chi connectivity index (χ3n) is 5.28. The van der Waals surface area contributed by atoms with Gasteiger partial charge in [0.1, 0.15) is 5.39 Å². The summed E-state index contributed by atoms with van der Waals surface area (Å²) in [4.78, 5) is 22.6. The molecule has 2 N–H and O–H groups in total. The summed E-state index contributed by atoms with van der Waals surface area (Å²) in [6.07, 6.45) is 3.62. The lowest BCUT2D eigenvalue weighted by Crippen LogP contribution is -2.29. The van der Waals surface area contributed by atoms with Crippen LogP contribution in [0.1, 0.15) is 18.4 Å². The van der Waals surface area contributed by atoms with Gasteiger partial charge in [-0.05, 0) is 42.7 Å². The second-order valence-electron chi connectivity index (χ2n) is 7.38. The number of H-pyrrole nitrogens is 1. The Morgan fingerprint density at radius 3 is 2.77 bits per heavy atom. The SMILES string of the molecule is COc1cc(CN(c2nc3c(cnn3-c3ccccc3)c(=O)[nH]2)C2CC2)ccc1O. The summed E-state index contributed by atoms with van der Waals surface area (Å²) in [5, 5.41) is 14.7. The maximum Gasteiger partial charge on any atom is 0.263 e. The molecular formula is C22H21N5O3. The second-order valence-corrected chi connectivity index (χ2v) is 7.38. The highest BCUT2D eigenvalue weighted by atomic mass is 16.5. The van der Waals surface area contributed by atoms with Crippen molar-refractivity contribution in [3.8, 4) is 17.2 Å². The van der Waals surface area contributed by atoms with Crippen LogP contribution in [0.2, 0.25) is 0 Å². The summed E-state index contributed by atoms with van der Waals surface area (Å²) in [6.45, 7) is 0.537. The predicted octanol–water partition coefficient (Wildman–Crippen LogP) is 2.99. The van der Waals surface area contributed by atoms with Crippen LogP contribution in [0.5, 0.6) is 11.5 Å². The molecule has 1 aliphatic carbocycles. The normalized spacial score (nSPS) is 13.5. The number of hydrogen-bond donors (Lipinski definition) is 2. The minimum absolute atomic E-state index is 0.0962. The van der Waals surface area contributed by atoms with Crippen molar-refractivity contribution in [2.75, 3.05) is 12.0 Å². The van der Waals surface area contributed by atoms with Crippen molar-refractivity contribution in [2.24, 2.45) is 0 Å². The Kier molecular flexibility index (Phi) is 4.39. The Morgan fingerprint density at radius 1 is 1.23 bits per heavy atom. The molecule has 0 spiro atoms. The molecule has 2 aromatic heterocycles. The van der Waals surface area contributed by atoms with E-state index in [1.54, 1.807) is 23.0 Å². The lowest BCUT2D eigenvalue weighted by atomic mass is 10.2. The highest BCUT2D eigenvalue weighted by molar-refractivity contribution is 5.76. The highest BCUT2D eigenvalue weighted by Gasteiger charge is 2.31. The summed E-state index contributed by atoms with van der Waals surface area (Å²) in [5.74, 6) is 1.03. The predicted molar refractivity (Wildman–Crippen MR) is 113 cm³/mol. The molecule has 30 heavy (non-hydrogen) atoms. The zero-order valence-corrected chi connectivity index (χ0v) is 16.4. The second kappa shape index (κ2) is 7.22. The van der Waals surface area contributed by atoms with E-state index >= 15 is 0 Å². The summed E-state index contributed by atoms with van der Waals surface area (Å²) < 4.78 is 6.91. The molecule has 4 aromatic rings. The van der Waals surface area contributed by atoms with E-state index in [1.165, 1.54) is 7.11 Å². The van der Waals surface area contributed by atoms with Crippen LogP contribution in [-0.4, -0.2) is 38.0 Å². The minimum Gasteiger partial charge on any atom is -0.504 e. The molecular weight excluding hydrogens is 382 g/mol. The number of ether oxygens (including phenoxy) is 1. The van der Waals surface area contributed by atoms with E-state index in [0.717, 1.165) is 24.1 Å². The highest BCUT2D eigenvalue weighted by Crippen LogP contribution is 2.33. The maximum absolute atomic E-state index is 12.8. The number of aromatic amines is 1. The van der Waals surface area contributed by atoms with Crippen LogP contribution in [0.4, 0.5) is 5.95 Å². The van der Waals surface area contributed by atoms with Gasteiger partial charge in [-0.3, -0.25) is 9.78 Å². The first kappa shape index (κ1) is 18.2. The molecule has 8 nitrogen and oxygen atoms in total. The van der Waals surface area contributed by atoms with Crippen LogP contribution in [0.25, 0.3) is 16.7 Å². The number of fused-ring (bicyclic) bond motifs is 1. The molecule has 152 valence electrons. The van der Waals surface area contributed by atoms with Crippen LogP contribution < -0.4 is 15.2 Å². The number of nitrogens with zero attached hydrogens (tertiary/aromatic N) is 4. The first-order valence-corrected chi connectivity index (χ1v) is 9.80. The topological polar surface area (TPSA) is 96.3 Å². The van der Waals surface area contributed by atoms with Crippen molar-refractivity contribution < 1.29 is 9.84 Å². The van der Waals surface area contributed by atoms with E-state index in [9.17, 15) is 9.90 Å². The van der Waals surface area contributed by atoms with Crippen LogP contribution in [0.15, 0.2) is 59.5 Å². The van der Waals surface area contributed by atoms with Crippen LogP contribution in [0, 0.1) is 0 Å². The van der Waals surface area contributed by atoms with Gasteiger partial charge in [-0.15, -0.1) is 0 Å². The fourth-order valence-electron chi connectivity index (χ4n) is 3.58. The number of phenolic OH excluding ortho intramolecular Hbond substituents is 1. The van der Waals surface area contributed by atoms with Gasteiger partial charge < -0.3 is 14.7 Å². The van der Waals surface area contributed by atoms with Crippen LogP contribution >= 0.6 is 0 Å². The molecule has 8 heteroatoms. The van der Waals surface area contributed by atoms with Gasteiger partial charge in [0, 0.05) is 12.6 Å². The number of anilines is 1. The van der Waals surface area contributed by atoms with Crippen LogP contribution in [0.3, 0.4) is 0 Å². The molecule has 0 atom stereocenters. The van der Waals surface area contributed by atoms with Gasteiger partial charge in [-0.2, -0.15) is 10.1 Å². The molecule has 0 aliphatic heterocycles. The Bertz CT molecular complexity index is 1260. The van der Waals surface area contributed by atoms with Crippen molar-refractivity contribution in [1.82, 2.24) is 19.7 Å². The molecule has 0 unspecified atom stereocenters. The molecule has 2 aromatic carbocycles. The molecule has 5 rings (SSSR count). The average Bonchev–Trinajstić information content (AvgIpc) is 3.51. The number of methoxy groups -OCH3 is 1. The molecule has 1 fully saturated rings. The summed E-state index contributed by atoms with van der Waals surface area (Å²) >= 11 is 0. The maximum atomic E-state index is 12.8. The van der Waals surface area contributed by atoms with E-state index < -0.39 is 0 Å². The smallest absolute Gasteiger partial charge is 0.263 e. The van der Waals surface area contributed by atoms with Gasteiger partial charge in [-0.1, -0.05) is 24.3 Å². The zero-order valence-electron chi connectivity index (χ0n) is 16.4. The molecule has 1 aliphatic rings. The van der Waals surface area contributed by atoms with E-state index in [2.05, 4.69) is 15.0 Å². The average molecular weight is 403 g/mol. The summed E-state index contributed by atoms with van der Waals surface area (Å²) in [6, 6.07) is 15.2. The zero-order chi connectivity index (χ0) is 20.7. The Morgan fingerprint density at radius 2 is 2.03 bits per heavy atom. The summed E-state index contributed by atoms with van der Waals surface area (Å²) in [7, 11) is 1.52. The molecule has 1 saturated carbocycles. The number of benzene rings is 2. The number of aromatic hydroxyl groups is 1. The van der Waals surface area contributed by atoms with Gasteiger partial charge in [-0.25, -0.2) is 4.68 Å². The fraction of sp³-hybridized carbons (Fsp3) is 0.227. The molecule has 0 radical (unpaired) electrons. The van der Waals surface area contributed by atoms with Crippen molar-refractivity contribution in [2.45, 2.75) is 25.4 Å². The fourth-order valence-corrected chi connectivity index (χ4v) is 3.58. The van der Waals surface area contributed by atoms with E-state index in [0.29, 0.717) is 35.3 Å². The lowest BCUT2D eigenvalue weighted by Gasteiger charge is -2.23. The quantitative estimate of drug-likeness (QED) is 0.514. The number of nitrogens with one attached hydrogen (secondary N) is 1. The number of phenols is 1. The molecule has 0 bridgehead atoms. The third kappa shape index (κ3) is 3.26. The van der Waals surface area contributed by atoms with Gasteiger partial charge in [0.05, 0.1) is 19.0 Å². The number of aromatic nitrogens is 4. The summed E-state index contributed by atoms with van der Waals surface area (Å²) in [5.41, 5.74) is 2.11. The third-order valence-corrected chi connectivity index (χ3v) is 5.28. The lowest BCUT2D eigenvalue weighted by molar-refractivity contribution is 0.373. The minimum atomic E-state index is -0.217. The van der Waals surface area contributed by atoms with Crippen LogP contribution in [-0.2, 0) is 6.54 Å². The largest absolute Gasteiger partial charge is 0.504 e. The van der Waals surface area contributed by atoms with E-state index in [1.807, 2.05) is 36.4 Å². The standard InChI is InChI=1S/C22H21N5O3/c1-30-19-11-14(7-10-18(19)28)13-26(15-8-9-15)22-24-20-17(21(29)25-22)12-23-27(20)16-5-3-2-4-6-16/h2-7,10-12,15,28H,8-9,13H2,1H3,(H,24,25,29). The van der Waals surface area contributed by atoms with Gasteiger partial charge >= 0.3 is 0 Å². The van der Waals surface area contributed by atoms with Crippen molar-refractivity contribution in [3.63, 3.8) is 0 Å². The Labute approximate surface area is 172 Å². The van der Waals surface area contributed by atoms with Gasteiger partial charge in [0.25, 0.3) is 5.56 Å². The van der Waals surface area contributed by atoms with Gasteiger partial charge in [0.2, 0.25) is 5.95 Å². The van der Waals surface area contributed by atoms with Crippen molar-refractivity contribution >= 4 is 17.0 Å². The van der Waals surface area contributed by atoms with E-state index in [4.69, 9.17) is 9.72 Å². The number of hydrogen-bond acceptors (Lipinski definition) is 6. The number of rotatable bonds is 6. The molecule has 0 amide bonds.